The molecule has 30 heavy (non-hydrogen) atoms. The predicted molar refractivity (Wildman–Crippen MR) is 109 cm³/mol. The Kier molecular flexibility index (Phi) is 5.40. The number of halogens is 1. The van der Waals surface area contributed by atoms with Gasteiger partial charge in [-0.15, -0.1) is 0 Å². The first-order valence-corrected chi connectivity index (χ1v) is 10.3. The second-order valence-corrected chi connectivity index (χ2v) is 8.14. The average Bonchev–Trinajstić information content (AvgIpc) is 3.57. The van der Waals surface area contributed by atoms with E-state index in [1.807, 2.05) is 11.8 Å². The molecule has 2 fully saturated rings. The van der Waals surface area contributed by atoms with E-state index in [0.717, 1.165) is 18.4 Å². The normalized spacial score (nSPS) is 17.2. The molecule has 7 nitrogen and oxygen atoms in total. The fraction of sp³-hybridized carbons (Fsp3) is 0.455. The zero-order valence-electron chi connectivity index (χ0n) is 17.2. The first kappa shape index (κ1) is 20.3. The number of carbonyl (C=O) groups excluding carboxylic acids is 2. The van der Waals surface area contributed by atoms with E-state index in [-0.39, 0.29) is 23.6 Å². The molecule has 1 N–H and O–H groups in total. The highest BCUT2D eigenvalue weighted by molar-refractivity contribution is 5.97. The van der Waals surface area contributed by atoms with E-state index in [4.69, 9.17) is 0 Å². The molecule has 2 aliphatic rings. The minimum atomic E-state index is -0.609. The molecule has 0 bridgehead atoms. The third-order valence-corrected chi connectivity index (χ3v) is 6.01. The highest BCUT2D eigenvalue weighted by Gasteiger charge is 2.35. The quantitative estimate of drug-likeness (QED) is 0.832. The smallest absolute Gasteiger partial charge is 0.267 e. The Balaban J connectivity index is 1.55. The molecule has 2 heterocycles. The van der Waals surface area contributed by atoms with E-state index in [0.29, 0.717) is 48.8 Å². The monoisotopic (exact) mass is 412 g/mol. The number of aromatic nitrogens is 2. The first-order valence-electron chi connectivity index (χ1n) is 10.3. The van der Waals surface area contributed by atoms with E-state index in [9.17, 15) is 18.8 Å². The lowest BCUT2D eigenvalue weighted by atomic mass is 10.0. The summed E-state index contributed by atoms with van der Waals surface area (Å²) in [7, 11) is 0. The van der Waals surface area contributed by atoms with Gasteiger partial charge in [-0.05, 0) is 56.4 Å². The molecule has 1 aromatic heterocycles. The van der Waals surface area contributed by atoms with Gasteiger partial charge in [0, 0.05) is 31.1 Å². The number of carbonyl (C=O) groups is 2. The maximum Gasteiger partial charge on any atom is 0.267 e. The number of H-pyrrole nitrogens is 1. The number of nitrogens with one attached hydrogen (secondary N) is 1. The summed E-state index contributed by atoms with van der Waals surface area (Å²) in [6.07, 6.45) is 3.09. The van der Waals surface area contributed by atoms with Crippen molar-refractivity contribution in [3.8, 4) is 0 Å². The zero-order chi connectivity index (χ0) is 21.4. The molecule has 1 aromatic carbocycles. The van der Waals surface area contributed by atoms with Gasteiger partial charge in [0.1, 0.15) is 12.4 Å². The Hall–Kier alpha value is -3.03. The third kappa shape index (κ3) is 3.99. The van der Waals surface area contributed by atoms with Crippen LogP contribution in [-0.4, -0.2) is 57.5 Å². The van der Waals surface area contributed by atoms with Crippen molar-refractivity contribution in [1.29, 1.82) is 0 Å². The topological polar surface area (TPSA) is 86.4 Å². The number of hydrogen-bond acceptors (Lipinski definition) is 4. The summed E-state index contributed by atoms with van der Waals surface area (Å²) >= 11 is 0. The van der Waals surface area contributed by atoms with Gasteiger partial charge in [0.25, 0.3) is 11.5 Å². The van der Waals surface area contributed by atoms with Crippen molar-refractivity contribution in [3.05, 3.63) is 62.3 Å². The van der Waals surface area contributed by atoms with E-state index < -0.39 is 11.7 Å². The van der Waals surface area contributed by atoms with Gasteiger partial charge in [-0.25, -0.2) is 9.49 Å². The number of hydrogen-bond donors (Lipinski definition) is 1. The first-order chi connectivity index (χ1) is 14.3. The maximum atomic E-state index is 14.5. The Morgan fingerprint density at radius 1 is 1.20 bits per heavy atom. The highest BCUT2D eigenvalue weighted by Crippen LogP contribution is 2.28. The Labute approximate surface area is 173 Å². The van der Waals surface area contributed by atoms with Crippen LogP contribution in [0, 0.1) is 19.7 Å². The SMILES string of the molecule is Cc1c(Cc2ccc(F)c(C(=O)N3CCCN(C4CC4)C(=O)C3)c2)n[nH]c(=O)c1C. The fourth-order valence-corrected chi connectivity index (χ4v) is 3.89. The lowest BCUT2D eigenvalue weighted by molar-refractivity contribution is -0.131. The number of nitrogens with zero attached hydrogens (tertiary/aromatic N) is 3. The van der Waals surface area contributed by atoms with Gasteiger partial charge in [-0.2, -0.15) is 5.10 Å². The van der Waals surface area contributed by atoms with Crippen molar-refractivity contribution in [3.63, 3.8) is 0 Å². The minimum absolute atomic E-state index is 0.0151. The lowest BCUT2D eigenvalue weighted by Crippen LogP contribution is -2.40. The number of benzene rings is 1. The van der Waals surface area contributed by atoms with Crippen molar-refractivity contribution in [1.82, 2.24) is 20.0 Å². The van der Waals surface area contributed by atoms with Crippen LogP contribution in [0.25, 0.3) is 0 Å². The van der Waals surface area contributed by atoms with E-state index in [2.05, 4.69) is 10.2 Å². The van der Waals surface area contributed by atoms with E-state index in [1.165, 1.54) is 17.0 Å². The molecule has 158 valence electrons. The van der Waals surface area contributed by atoms with Gasteiger partial charge in [0.15, 0.2) is 0 Å². The molecule has 0 radical (unpaired) electrons. The van der Waals surface area contributed by atoms with Crippen molar-refractivity contribution < 1.29 is 14.0 Å². The Bertz CT molecular complexity index is 1060. The van der Waals surface area contributed by atoms with Gasteiger partial charge < -0.3 is 9.80 Å². The summed E-state index contributed by atoms with van der Waals surface area (Å²) < 4.78 is 14.5. The number of aromatic amines is 1. The van der Waals surface area contributed by atoms with Crippen LogP contribution in [-0.2, 0) is 11.2 Å². The van der Waals surface area contributed by atoms with Crippen LogP contribution in [0.4, 0.5) is 4.39 Å². The molecule has 2 aromatic rings. The molecular formula is C22H25FN4O3. The molecule has 1 aliphatic heterocycles. The standard InChI is InChI=1S/C22H25FN4O3/c1-13-14(2)21(29)25-24-19(13)11-15-4-7-18(23)17(10-15)22(30)26-8-3-9-27(16-5-6-16)20(28)12-26/h4,7,10,16H,3,5-6,8-9,11-12H2,1-2H3,(H,25,29). The van der Waals surface area contributed by atoms with Crippen LogP contribution in [0.3, 0.4) is 0 Å². The zero-order valence-corrected chi connectivity index (χ0v) is 17.2. The Morgan fingerprint density at radius 2 is 1.97 bits per heavy atom. The summed E-state index contributed by atoms with van der Waals surface area (Å²) in [5, 5.41) is 6.56. The van der Waals surface area contributed by atoms with Crippen LogP contribution in [0.2, 0.25) is 0 Å². The third-order valence-electron chi connectivity index (χ3n) is 6.01. The molecule has 4 rings (SSSR count). The molecule has 0 unspecified atom stereocenters. The molecule has 1 aliphatic carbocycles. The predicted octanol–water partition coefficient (Wildman–Crippen LogP) is 1.95. The molecule has 0 atom stereocenters. The summed E-state index contributed by atoms with van der Waals surface area (Å²) in [5.41, 5.74) is 2.46. The van der Waals surface area contributed by atoms with E-state index >= 15 is 0 Å². The summed E-state index contributed by atoms with van der Waals surface area (Å²) in [4.78, 5) is 40.5. The van der Waals surface area contributed by atoms with Crippen LogP contribution < -0.4 is 5.56 Å². The molecule has 1 saturated carbocycles. The van der Waals surface area contributed by atoms with Gasteiger partial charge in [0.05, 0.1) is 11.3 Å². The largest absolute Gasteiger partial charge is 0.338 e. The highest BCUT2D eigenvalue weighted by atomic mass is 19.1. The summed E-state index contributed by atoms with van der Waals surface area (Å²) in [5.74, 6) is -1.15. The second kappa shape index (κ2) is 8.01. The van der Waals surface area contributed by atoms with Crippen LogP contribution in [0.1, 0.15) is 52.0 Å². The van der Waals surface area contributed by atoms with Crippen molar-refractivity contribution in [2.45, 2.75) is 45.6 Å². The van der Waals surface area contributed by atoms with Gasteiger partial charge in [-0.3, -0.25) is 14.4 Å². The molecular weight excluding hydrogens is 387 g/mol. The van der Waals surface area contributed by atoms with Crippen molar-refractivity contribution in [2.75, 3.05) is 19.6 Å². The Morgan fingerprint density at radius 3 is 2.70 bits per heavy atom. The van der Waals surface area contributed by atoms with Crippen molar-refractivity contribution >= 4 is 11.8 Å². The van der Waals surface area contributed by atoms with E-state index in [1.54, 1.807) is 13.0 Å². The van der Waals surface area contributed by atoms with Gasteiger partial charge in [0.2, 0.25) is 5.91 Å². The summed E-state index contributed by atoms with van der Waals surface area (Å²) in [6, 6.07) is 4.71. The molecule has 8 heteroatoms. The maximum absolute atomic E-state index is 14.5. The van der Waals surface area contributed by atoms with Gasteiger partial charge in [-0.1, -0.05) is 6.07 Å². The fourth-order valence-electron chi connectivity index (χ4n) is 3.89. The van der Waals surface area contributed by atoms with Crippen LogP contribution >= 0.6 is 0 Å². The van der Waals surface area contributed by atoms with Gasteiger partial charge >= 0.3 is 0 Å². The number of rotatable bonds is 4. The lowest BCUT2D eigenvalue weighted by Gasteiger charge is -2.22. The van der Waals surface area contributed by atoms with Crippen LogP contribution in [0.5, 0.6) is 0 Å². The second-order valence-electron chi connectivity index (χ2n) is 8.14. The average molecular weight is 412 g/mol. The molecule has 1 saturated heterocycles. The minimum Gasteiger partial charge on any atom is -0.338 e. The molecule has 2 amide bonds. The van der Waals surface area contributed by atoms with Crippen LogP contribution in [0.15, 0.2) is 23.0 Å². The summed E-state index contributed by atoms with van der Waals surface area (Å²) in [6.45, 7) is 4.60. The number of amides is 2. The van der Waals surface area contributed by atoms with Crippen molar-refractivity contribution in [2.24, 2.45) is 0 Å². The molecule has 0 spiro atoms.